The molecule has 0 amide bonds. The van der Waals surface area contributed by atoms with E-state index in [-0.39, 0.29) is 5.54 Å². The average Bonchev–Trinajstić information content (AvgIpc) is 2.37. The van der Waals surface area contributed by atoms with Gasteiger partial charge in [0.25, 0.3) is 0 Å². The average molecular weight is 154 g/mol. The van der Waals surface area contributed by atoms with Crippen LogP contribution in [0.25, 0.3) is 0 Å². The van der Waals surface area contributed by atoms with Crippen LogP contribution >= 0.6 is 0 Å². The highest BCUT2D eigenvalue weighted by Gasteiger charge is 2.37. The highest BCUT2D eigenvalue weighted by Crippen LogP contribution is 2.22. The third-order valence-corrected chi connectivity index (χ3v) is 2.68. The predicted molar refractivity (Wildman–Crippen MR) is 42.5 cm³/mol. The molecule has 3 nitrogen and oxygen atoms in total. The molecule has 2 aliphatic heterocycles. The molecule has 3 heteroatoms. The maximum absolute atomic E-state index is 11.2. The summed E-state index contributed by atoms with van der Waals surface area (Å²) < 4.78 is 0. The molecule has 2 N–H and O–H groups in total. The molecule has 1 spiro atoms. The summed E-state index contributed by atoms with van der Waals surface area (Å²) in [6.45, 7) is 2.90. The lowest BCUT2D eigenvalue weighted by atomic mass is 9.87. The summed E-state index contributed by atoms with van der Waals surface area (Å²) in [5.41, 5.74) is 0.134. The first kappa shape index (κ1) is 7.25. The first-order valence-electron chi connectivity index (χ1n) is 4.28. The van der Waals surface area contributed by atoms with Crippen molar-refractivity contribution in [1.29, 1.82) is 0 Å². The number of carbonyl (C=O) groups excluding carboxylic acids is 1. The van der Waals surface area contributed by atoms with E-state index >= 15 is 0 Å². The predicted octanol–water partition coefficient (Wildman–Crippen LogP) is -0.329. The van der Waals surface area contributed by atoms with E-state index in [2.05, 4.69) is 10.6 Å². The molecule has 62 valence electrons. The summed E-state index contributed by atoms with van der Waals surface area (Å²) in [4.78, 5) is 11.2. The number of hydrogen-bond acceptors (Lipinski definition) is 3. The van der Waals surface area contributed by atoms with E-state index in [9.17, 15) is 4.79 Å². The summed E-state index contributed by atoms with van der Waals surface area (Å²) in [7, 11) is 0. The van der Waals surface area contributed by atoms with Crippen molar-refractivity contribution in [3.05, 3.63) is 0 Å². The first-order valence-corrected chi connectivity index (χ1v) is 4.28. The largest absolute Gasteiger partial charge is 0.315 e. The number of piperidine rings is 1. The Bertz CT molecular complexity index is 173. The minimum Gasteiger partial charge on any atom is -0.315 e. The van der Waals surface area contributed by atoms with Crippen LogP contribution in [-0.2, 0) is 4.79 Å². The van der Waals surface area contributed by atoms with Crippen LogP contribution in [-0.4, -0.2) is 31.0 Å². The van der Waals surface area contributed by atoms with Crippen LogP contribution in [0.15, 0.2) is 0 Å². The van der Waals surface area contributed by atoms with Crippen LogP contribution in [0, 0.1) is 0 Å². The van der Waals surface area contributed by atoms with E-state index < -0.39 is 0 Å². The normalized spacial score (nSPS) is 38.4. The van der Waals surface area contributed by atoms with E-state index in [4.69, 9.17) is 0 Å². The van der Waals surface area contributed by atoms with E-state index in [1.165, 1.54) is 0 Å². The Balaban J connectivity index is 2.05. The van der Waals surface area contributed by atoms with E-state index in [1.54, 1.807) is 0 Å². The fraction of sp³-hybridized carbons (Fsp3) is 0.875. The standard InChI is InChI=1S/C8H14N2O/c11-7-1-3-10-8(5-7)2-4-9-6-8/h9-10H,1-6H2. The summed E-state index contributed by atoms with van der Waals surface area (Å²) in [6.07, 6.45) is 2.57. The van der Waals surface area contributed by atoms with Crippen molar-refractivity contribution >= 4 is 5.78 Å². The molecule has 11 heavy (non-hydrogen) atoms. The summed E-state index contributed by atoms with van der Waals surface area (Å²) in [5.74, 6) is 0.424. The third-order valence-electron chi connectivity index (χ3n) is 2.68. The number of hydrogen-bond donors (Lipinski definition) is 2. The molecule has 0 aromatic carbocycles. The Morgan fingerprint density at radius 2 is 2.27 bits per heavy atom. The maximum atomic E-state index is 11.2. The Hall–Kier alpha value is -0.410. The second-order valence-electron chi connectivity index (χ2n) is 3.60. The fourth-order valence-corrected chi connectivity index (χ4v) is 2.04. The van der Waals surface area contributed by atoms with Gasteiger partial charge < -0.3 is 10.6 Å². The quantitative estimate of drug-likeness (QED) is 0.502. The zero-order valence-corrected chi connectivity index (χ0v) is 6.65. The van der Waals surface area contributed by atoms with Gasteiger partial charge in [0.1, 0.15) is 5.78 Å². The molecule has 0 radical (unpaired) electrons. The molecule has 2 rings (SSSR count). The monoisotopic (exact) mass is 154 g/mol. The molecular formula is C8H14N2O. The number of rotatable bonds is 0. The summed E-state index contributed by atoms with van der Waals surface area (Å²) in [6, 6.07) is 0. The molecule has 2 saturated heterocycles. The second-order valence-corrected chi connectivity index (χ2v) is 3.60. The third kappa shape index (κ3) is 1.30. The molecule has 2 aliphatic rings. The highest BCUT2D eigenvalue weighted by atomic mass is 16.1. The van der Waals surface area contributed by atoms with Gasteiger partial charge in [0.15, 0.2) is 0 Å². The van der Waals surface area contributed by atoms with Gasteiger partial charge in [-0.3, -0.25) is 4.79 Å². The summed E-state index contributed by atoms with van der Waals surface area (Å²) >= 11 is 0. The van der Waals surface area contributed by atoms with E-state index in [1.807, 2.05) is 0 Å². The first-order chi connectivity index (χ1) is 5.31. The van der Waals surface area contributed by atoms with Gasteiger partial charge in [-0.25, -0.2) is 0 Å². The van der Waals surface area contributed by atoms with Crippen molar-refractivity contribution in [3.63, 3.8) is 0 Å². The van der Waals surface area contributed by atoms with E-state index in [0.29, 0.717) is 5.78 Å². The molecule has 0 aromatic heterocycles. The molecule has 2 fully saturated rings. The molecule has 1 unspecified atom stereocenters. The van der Waals surface area contributed by atoms with Gasteiger partial charge in [0, 0.05) is 31.5 Å². The van der Waals surface area contributed by atoms with Crippen molar-refractivity contribution in [2.45, 2.75) is 24.8 Å². The number of nitrogens with one attached hydrogen (secondary N) is 2. The lowest BCUT2D eigenvalue weighted by Crippen LogP contribution is -2.52. The Kier molecular flexibility index (Phi) is 1.69. The maximum Gasteiger partial charge on any atom is 0.136 e. The molecule has 0 bridgehead atoms. The minimum absolute atomic E-state index is 0.134. The number of carbonyl (C=O) groups is 1. The van der Waals surface area contributed by atoms with Crippen molar-refractivity contribution in [2.75, 3.05) is 19.6 Å². The Morgan fingerprint density at radius 3 is 2.91 bits per heavy atom. The minimum atomic E-state index is 0.134. The van der Waals surface area contributed by atoms with Gasteiger partial charge in [-0.1, -0.05) is 0 Å². The van der Waals surface area contributed by atoms with Crippen LogP contribution in [0.4, 0.5) is 0 Å². The molecule has 0 aromatic rings. The van der Waals surface area contributed by atoms with Crippen molar-refractivity contribution in [1.82, 2.24) is 10.6 Å². The van der Waals surface area contributed by atoms with Crippen molar-refractivity contribution < 1.29 is 4.79 Å². The van der Waals surface area contributed by atoms with Crippen LogP contribution in [0.2, 0.25) is 0 Å². The van der Waals surface area contributed by atoms with Crippen molar-refractivity contribution in [3.8, 4) is 0 Å². The van der Waals surface area contributed by atoms with E-state index in [0.717, 1.165) is 38.9 Å². The smallest absolute Gasteiger partial charge is 0.136 e. The Labute approximate surface area is 66.5 Å². The zero-order chi connectivity index (χ0) is 7.73. The highest BCUT2D eigenvalue weighted by molar-refractivity contribution is 5.80. The van der Waals surface area contributed by atoms with Gasteiger partial charge in [0.05, 0.1) is 0 Å². The second kappa shape index (κ2) is 2.57. The van der Waals surface area contributed by atoms with Gasteiger partial charge in [-0.05, 0) is 13.0 Å². The lowest BCUT2D eigenvalue weighted by Gasteiger charge is -2.32. The number of Topliss-reactive ketones (excluding diaryl/α,β-unsaturated/α-hetero) is 1. The van der Waals surface area contributed by atoms with Crippen molar-refractivity contribution in [2.24, 2.45) is 0 Å². The van der Waals surface area contributed by atoms with Crippen LogP contribution in [0.5, 0.6) is 0 Å². The van der Waals surface area contributed by atoms with Gasteiger partial charge >= 0.3 is 0 Å². The molecule has 1 atom stereocenters. The van der Waals surface area contributed by atoms with Gasteiger partial charge in [0.2, 0.25) is 0 Å². The van der Waals surface area contributed by atoms with Gasteiger partial charge in [-0.2, -0.15) is 0 Å². The van der Waals surface area contributed by atoms with Crippen LogP contribution < -0.4 is 10.6 Å². The van der Waals surface area contributed by atoms with Crippen LogP contribution in [0.3, 0.4) is 0 Å². The SMILES string of the molecule is O=C1CCNC2(CCNC2)C1. The molecular weight excluding hydrogens is 140 g/mol. The Morgan fingerprint density at radius 1 is 1.36 bits per heavy atom. The molecule has 0 aliphatic carbocycles. The molecule has 2 heterocycles. The van der Waals surface area contributed by atoms with Gasteiger partial charge in [-0.15, -0.1) is 0 Å². The van der Waals surface area contributed by atoms with Crippen LogP contribution in [0.1, 0.15) is 19.3 Å². The number of ketones is 1. The fourth-order valence-electron chi connectivity index (χ4n) is 2.04. The molecule has 0 saturated carbocycles. The zero-order valence-electron chi connectivity index (χ0n) is 6.65. The topological polar surface area (TPSA) is 41.1 Å². The lowest BCUT2D eigenvalue weighted by molar-refractivity contribution is -0.121. The summed E-state index contributed by atoms with van der Waals surface area (Å²) in [5, 5.41) is 6.73.